The van der Waals surface area contributed by atoms with Crippen molar-refractivity contribution in [3.05, 3.63) is 30.0 Å². The molecule has 13 heavy (non-hydrogen) atoms. The van der Waals surface area contributed by atoms with Crippen LogP contribution >= 0.6 is 24.0 Å². The molecule has 1 aromatic carbocycles. The van der Waals surface area contributed by atoms with Gasteiger partial charge in [-0.3, -0.25) is 5.10 Å². The third kappa shape index (κ3) is 1.95. The number of nitrogens with zero attached hydrogens (tertiary/aromatic N) is 1. The molecule has 4 heteroatoms. The summed E-state index contributed by atoms with van der Waals surface area (Å²) < 4.78 is 0. The molecule has 1 N–H and O–H groups in total. The van der Waals surface area contributed by atoms with Gasteiger partial charge in [0.15, 0.2) is 0 Å². The van der Waals surface area contributed by atoms with E-state index in [0.717, 1.165) is 17.6 Å². The lowest BCUT2D eigenvalue weighted by Gasteiger charge is -1.91. The van der Waals surface area contributed by atoms with E-state index in [1.54, 1.807) is 0 Å². The summed E-state index contributed by atoms with van der Waals surface area (Å²) in [5.41, 5.74) is 2.14. The van der Waals surface area contributed by atoms with Crippen LogP contribution in [0.15, 0.2) is 24.3 Å². The van der Waals surface area contributed by atoms with E-state index in [1.807, 2.05) is 18.2 Å². The number of rotatable bonds is 2. The first-order chi connectivity index (χ1) is 5.92. The molecule has 0 fully saturated rings. The van der Waals surface area contributed by atoms with Gasteiger partial charge in [0.2, 0.25) is 0 Å². The minimum atomic E-state index is 0. The van der Waals surface area contributed by atoms with Gasteiger partial charge in [0.05, 0.1) is 5.52 Å². The Kier molecular flexibility index (Phi) is 3.58. The van der Waals surface area contributed by atoms with E-state index in [9.17, 15) is 0 Å². The molecule has 0 atom stereocenters. The number of benzene rings is 1. The normalized spacial score (nSPS) is 9.92. The van der Waals surface area contributed by atoms with Gasteiger partial charge < -0.3 is 0 Å². The maximum atomic E-state index is 5.65. The molecule has 0 unspecified atom stereocenters. The Bertz CT molecular complexity index is 384. The molecule has 0 aliphatic carbocycles. The number of halogens is 2. The fourth-order valence-corrected chi connectivity index (χ4v) is 1.49. The summed E-state index contributed by atoms with van der Waals surface area (Å²) in [5, 5.41) is 8.31. The summed E-state index contributed by atoms with van der Waals surface area (Å²) in [5.74, 6) is 0.631. The average Bonchev–Trinajstić information content (AvgIpc) is 2.50. The van der Waals surface area contributed by atoms with Crippen LogP contribution in [0, 0.1) is 0 Å². The lowest BCUT2D eigenvalue weighted by Crippen LogP contribution is -1.85. The number of nitrogens with one attached hydrogen (secondary N) is 1. The van der Waals surface area contributed by atoms with E-state index in [0.29, 0.717) is 5.88 Å². The summed E-state index contributed by atoms with van der Waals surface area (Å²) in [6.45, 7) is 0. The Morgan fingerprint density at radius 2 is 2.08 bits per heavy atom. The molecule has 0 amide bonds. The van der Waals surface area contributed by atoms with Crippen molar-refractivity contribution in [3.63, 3.8) is 0 Å². The van der Waals surface area contributed by atoms with Crippen molar-refractivity contribution in [2.75, 3.05) is 5.88 Å². The van der Waals surface area contributed by atoms with E-state index in [2.05, 4.69) is 16.3 Å². The number of aromatic nitrogens is 2. The molecule has 0 spiro atoms. The first-order valence-electron chi connectivity index (χ1n) is 3.90. The van der Waals surface area contributed by atoms with Crippen molar-refractivity contribution in [1.82, 2.24) is 10.2 Å². The molecule has 2 aromatic rings. The van der Waals surface area contributed by atoms with E-state index in [-0.39, 0.29) is 12.4 Å². The monoisotopic (exact) mass is 216 g/mol. The van der Waals surface area contributed by atoms with Gasteiger partial charge in [-0.05, 0) is 6.07 Å². The first kappa shape index (κ1) is 10.4. The largest absolute Gasteiger partial charge is 0.281 e. The van der Waals surface area contributed by atoms with Crippen LogP contribution < -0.4 is 0 Å². The third-order valence-corrected chi connectivity index (χ3v) is 2.07. The van der Waals surface area contributed by atoms with Gasteiger partial charge in [-0.2, -0.15) is 5.10 Å². The number of alkyl halides is 1. The Labute approximate surface area is 87.7 Å². The number of fused-ring (bicyclic) bond motifs is 1. The maximum absolute atomic E-state index is 5.65. The molecular weight excluding hydrogens is 207 g/mol. The second-order valence-corrected chi connectivity index (χ2v) is 3.04. The van der Waals surface area contributed by atoms with Gasteiger partial charge in [-0.1, -0.05) is 18.2 Å². The van der Waals surface area contributed by atoms with Crippen LogP contribution in [-0.2, 0) is 6.42 Å². The average molecular weight is 217 g/mol. The minimum Gasteiger partial charge on any atom is -0.281 e. The Balaban J connectivity index is 0.000000845. The Morgan fingerprint density at radius 1 is 1.31 bits per heavy atom. The molecule has 1 heterocycles. The number of aryl methyl sites for hydroxylation is 1. The minimum absolute atomic E-state index is 0. The quantitative estimate of drug-likeness (QED) is 0.769. The zero-order chi connectivity index (χ0) is 8.39. The molecule has 2 nitrogen and oxygen atoms in total. The van der Waals surface area contributed by atoms with E-state index >= 15 is 0 Å². The molecule has 0 aliphatic rings. The fraction of sp³-hybridized carbons (Fsp3) is 0.222. The SMILES string of the molecule is Cl.ClCCc1[nH]nc2ccccc12. The van der Waals surface area contributed by atoms with Gasteiger partial charge in [0, 0.05) is 23.4 Å². The van der Waals surface area contributed by atoms with Crippen molar-refractivity contribution in [2.24, 2.45) is 0 Å². The van der Waals surface area contributed by atoms with Crippen molar-refractivity contribution >= 4 is 34.9 Å². The summed E-state index contributed by atoms with van der Waals surface area (Å²) >= 11 is 5.65. The van der Waals surface area contributed by atoms with Gasteiger partial charge in [-0.15, -0.1) is 24.0 Å². The first-order valence-corrected chi connectivity index (χ1v) is 4.43. The number of H-pyrrole nitrogens is 1. The second kappa shape index (κ2) is 4.49. The number of aromatic amines is 1. The topological polar surface area (TPSA) is 28.7 Å². The zero-order valence-corrected chi connectivity index (χ0v) is 8.53. The molecule has 1 aromatic heterocycles. The highest BCUT2D eigenvalue weighted by atomic mass is 35.5. The molecular formula is C9H10Cl2N2. The van der Waals surface area contributed by atoms with Gasteiger partial charge in [-0.25, -0.2) is 0 Å². The Morgan fingerprint density at radius 3 is 2.85 bits per heavy atom. The van der Waals surface area contributed by atoms with Crippen molar-refractivity contribution in [3.8, 4) is 0 Å². The highest BCUT2D eigenvalue weighted by molar-refractivity contribution is 6.18. The summed E-state index contributed by atoms with van der Waals surface area (Å²) in [6.07, 6.45) is 0.849. The van der Waals surface area contributed by atoms with E-state index in [1.165, 1.54) is 5.39 Å². The Hall–Kier alpha value is -0.730. The fourth-order valence-electron chi connectivity index (χ4n) is 1.30. The number of hydrogen-bond donors (Lipinski definition) is 1. The number of hydrogen-bond acceptors (Lipinski definition) is 1. The summed E-state index contributed by atoms with van der Waals surface area (Å²) in [7, 11) is 0. The van der Waals surface area contributed by atoms with Crippen molar-refractivity contribution in [1.29, 1.82) is 0 Å². The second-order valence-electron chi connectivity index (χ2n) is 2.66. The van der Waals surface area contributed by atoms with Crippen molar-refractivity contribution in [2.45, 2.75) is 6.42 Å². The zero-order valence-electron chi connectivity index (χ0n) is 6.96. The predicted molar refractivity (Wildman–Crippen MR) is 57.8 cm³/mol. The van der Waals surface area contributed by atoms with Crippen LogP contribution in [0.3, 0.4) is 0 Å². The molecule has 0 aliphatic heterocycles. The predicted octanol–water partition coefficient (Wildman–Crippen LogP) is 2.77. The van der Waals surface area contributed by atoms with Gasteiger partial charge >= 0.3 is 0 Å². The van der Waals surface area contributed by atoms with Crippen LogP contribution in [0.4, 0.5) is 0 Å². The van der Waals surface area contributed by atoms with Gasteiger partial charge in [0.25, 0.3) is 0 Å². The molecule has 0 saturated carbocycles. The molecule has 0 radical (unpaired) electrons. The van der Waals surface area contributed by atoms with Crippen LogP contribution in [0.25, 0.3) is 10.9 Å². The van der Waals surface area contributed by atoms with Crippen molar-refractivity contribution < 1.29 is 0 Å². The maximum Gasteiger partial charge on any atom is 0.0923 e. The lowest BCUT2D eigenvalue weighted by atomic mass is 10.2. The van der Waals surface area contributed by atoms with Crippen LogP contribution in [0.2, 0.25) is 0 Å². The smallest absolute Gasteiger partial charge is 0.0923 e. The molecule has 2 rings (SSSR count). The summed E-state index contributed by atoms with van der Waals surface area (Å²) in [4.78, 5) is 0. The standard InChI is InChI=1S/C9H9ClN2.ClH/c10-6-5-9-7-3-1-2-4-8(7)11-12-9;/h1-4H,5-6H2,(H,11,12);1H. The highest BCUT2D eigenvalue weighted by Crippen LogP contribution is 2.15. The van der Waals surface area contributed by atoms with Crippen LogP contribution in [0.1, 0.15) is 5.69 Å². The molecule has 0 bridgehead atoms. The van der Waals surface area contributed by atoms with E-state index in [4.69, 9.17) is 11.6 Å². The number of para-hydroxylation sites is 1. The molecule has 70 valence electrons. The third-order valence-electron chi connectivity index (χ3n) is 1.88. The summed E-state index contributed by atoms with van der Waals surface area (Å²) in [6, 6.07) is 8.04. The van der Waals surface area contributed by atoms with Crippen LogP contribution in [0.5, 0.6) is 0 Å². The van der Waals surface area contributed by atoms with E-state index < -0.39 is 0 Å². The highest BCUT2D eigenvalue weighted by Gasteiger charge is 2.01. The van der Waals surface area contributed by atoms with Crippen LogP contribution in [-0.4, -0.2) is 16.1 Å². The lowest BCUT2D eigenvalue weighted by molar-refractivity contribution is 0.992. The van der Waals surface area contributed by atoms with Gasteiger partial charge in [0.1, 0.15) is 0 Å². The molecule has 0 saturated heterocycles.